The van der Waals surface area contributed by atoms with Crippen LogP contribution in [0.5, 0.6) is 5.75 Å². The van der Waals surface area contributed by atoms with Gasteiger partial charge in [0.1, 0.15) is 5.75 Å². The maximum absolute atomic E-state index is 11.4. The molecule has 0 spiro atoms. The van der Waals surface area contributed by atoms with Gasteiger partial charge in [-0.05, 0) is 35.3 Å². The minimum atomic E-state index is -0.564. The van der Waals surface area contributed by atoms with Crippen molar-refractivity contribution in [3.63, 3.8) is 0 Å². The van der Waals surface area contributed by atoms with E-state index in [1.165, 1.54) is 0 Å². The van der Waals surface area contributed by atoms with E-state index < -0.39 is 11.8 Å². The van der Waals surface area contributed by atoms with E-state index in [0.717, 1.165) is 11.1 Å². The predicted molar refractivity (Wildman–Crippen MR) is 79.9 cm³/mol. The molecule has 5 heteroatoms. The van der Waals surface area contributed by atoms with E-state index in [2.05, 4.69) is 0 Å². The molecule has 2 rings (SSSR count). The third-order valence-electron chi connectivity index (χ3n) is 3.12. The van der Waals surface area contributed by atoms with Crippen LogP contribution >= 0.6 is 0 Å². The number of phenolic OH excluding ortho intramolecular Hbond substituents is 1. The molecule has 21 heavy (non-hydrogen) atoms. The highest BCUT2D eigenvalue weighted by molar-refractivity contribution is 5.99. The van der Waals surface area contributed by atoms with Gasteiger partial charge in [0, 0.05) is 5.57 Å². The first-order valence-corrected chi connectivity index (χ1v) is 6.44. The van der Waals surface area contributed by atoms with Crippen molar-refractivity contribution in [2.45, 2.75) is 12.8 Å². The molecular weight excluding hydrogens is 268 g/mol. The fourth-order valence-corrected chi connectivity index (χ4v) is 2.19. The number of phenols is 1. The van der Waals surface area contributed by atoms with E-state index in [1.807, 2.05) is 6.08 Å². The van der Waals surface area contributed by atoms with Crippen LogP contribution in [-0.2, 0) is 9.59 Å². The number of allylic oxidation sites excluding steroid dienone is 3. The molecule has 5 nitrogen and oxygen atoms in total. The van der Waals surface area contributed by atoms with Gasteiger partial charge in [-0.2, -0.15) is 0 Å². The molecule has 0 atom stereocenters. The Kier molecular flexibility index (Phi) is 4.23. The van der Waals surface area contributed by atoms with Gasteiger partial charge in [-0.1, -0.05) is 30.4 Å². The van der Waals surface area contributed by atoms with Crippen LogP contribution in [0.1, 0.15) is 18.4 Å². The molecule has 5 N–H and O–H groups in total. The molecule has 0 heterocycles. The molecule has 0 aromatic heterocycles. The van der Waals surface area contributed by atoms with Crippen molar-refractivity contribution in [2.24, 2.45) is 11.5 Å². The number of carbonyl (C=O) groups is 2. The Morgan fingerprint density at radius 3 is 2.43 bits per heavy atom. The molecule has 1 aromatic rings. The number of hydrogen-bond acceptors (Lipinski definition) is 3. The summed E-state index contributed by atoms with van der Waals surface area (Å²) in [5.74, 6) is -0.882. The standard InChI is InChI=1S/C16H16N2O3/c17-15(20)9-12-8-11(3-6-14(12)16(18)21)7-10-1-4-13(19)5-2-10/h1-2,4-8,19H,3,9H2,(H2,17,20)(H2,18,21). The second kappa shape index (κ2) is 6.09. The van der Waals surface area contributed by atoms with Gasteiger partial charge in [-0.3, -0.25) is 9.59 Å². The average molecular weight is 284 g/mol. The predicted octanol–water partition coefficient (Wildman–Crippen LogP) is 1.39. The highest BCUT2D eigenvalue weighted by Crippen LogP contribution is 2.26. The first-order chi connectivity index (χ1) is 9.95. The Balaban J connectivity index is 2.31. The fraction of sp³-hybridized carbons (Fsp3) is 0.125. The van der Waals surface area contributed by atoms with Crippen LogP contribution in [0.25, 0.3) is 6.08 Å². The lowest BCUT2D eigenvalue weighted by atomic mass is 9.91. The lowest BCUT2D eigenvalue weighted by molar-refractivity contribution is -0.117. The second-order valence-electron chi connectivity index (χ2n) is 4.81. The number of hydrogen-bond donors (Lipinski definition) is 3. The normalized spacial score (nSPS) is 16.3. The molecular formula is C16H16N2O3. The molecule has 2 amide bonds. The molecule has 1 aliphatic rings. The zero-order valence-electron chi connectivity index (χ0n) is 11.4. The summed E-state index contributed by atoms with van der Waals surface area (Å²) in [7, 11) is 0. The summed E-state index contributed by atoms with van der Waals surface area (Å²) in [6.07, 6.45) is 5.89. The zero-order valence-corrected chi connectivity index (χ0v) is 11.4. The van der Waals surface area contributed by atoms with Crippen molar-refractivity contribution >= 4 is 17.9 Å². The Morgan fingerprint density at radius 1 is 1.19 bits per heavy atom. The third-order valence-corrected chi connectivity index (χ3v) is 3.12. The van der Waals surface area contributed by atoms with Crippen LogP contribution in [0.3, 0.4) is 0 Å². The Bertz CT molecular complexity index is 667. The molecule has 0 aliphatic heterocycles. The Morgan fingerprint density at radius 2 is 1.86 bits per heavy atom. The summed E-state index contributed by atoms with van der Waals surface area (Å²) in [6, 6.07) is 6.73. The van der Waals surface area contributed by atoms with Crippen LogP contribution in [0.2, 0.25) is 0 Å². The number of benzene rings is 1. The van der Waals surface area contributed by atoms with E-state index in [1.54, 1.807) is 36.4 Å². The minimum Gasteiger partial charge on any atom is -0.508 e. The van der Waals surface area contributed by atoms with Crippen LogP contribution in [0.4, 0.5) is 0 Å². The largest absolute Gasteiger partial charge is 0.508 e. The molecule has 0 bridgehead atoms. The number of primary amides is 2. The zero-order chi connectivity index (χ0) is 15.4. The first kappa shape index (κ1) is 14.6. The third kappa shape index (κ3) is 3.82. The van der Waals surface area contributed by atoms with Crippen molar-refractivity contribution in [2.75, 3.05) is 0 Å². The van der Waals surface area contributed by atoms with Gasteiger partial charge >= 0.3 is 0 Å². The molecule has 0 radical (unpaired) electrons. The fourth-order valence-electron chi connectivity index (χ4n) is 2.19. The summed E-state index contributed by atoms with van der Waals surface area (Å²) in [5.41, 5.74) is 13.2. The molecule has 0 saturated carbocycles. The van der Waals surface area contributed by atoms with Crippen LogP contribution in [-0.4, -0.2) is 16.9 Å². The van der Waals surface area contributed by atoms with E-state index in [9.17, 15) is 14.7 Å². The van der Waals surface area contributed by atoms with Crippen LogP contribution in [0, 0.1) is 0 Å². The van der Waals surface area contributed by atoms with Gasteiger partial charge in [-0.25, -0.2) is 0 Å². The number of rotatable bonds is 4. The summed E-state index contributed by atoms with van der Waals surface area (Å²) < 4.78 is 0. The van der Waals surface area contributed by atoms with Crippen molar-refractivity contribution in [1.29, 1.82) is 0 Å². The molecule has 1 aliphatic carbocycles. The minimum absolute atomic E-state index is 0.0261. The number of aromatic hydroxyl groups is 1. The Hall–Kier alpha value is -2.82. The van der Waals surface area contributed by atoms with Gasteiger partial charge < -0.3 is 16.6 Å². The quantitative estimate of drug-likeness (QED) is 0.777. The Labute approximate surface area is 122 Å². The summed E-state index contributed by atoms with van der Waals surface area (Å²) in [6.45, 7) is 0. The monoisotopic (exact) mass is 284 g/mol. The molecule has 108 valence electrons. The topological polar surface area (TPSA) is 106 Å². The second-order valence-corrected chi connectivity index (χ2v) is 4.81. The van der Waals surface area contributed by atoms with E-state index >= 15 is 0 Å². The highest BCUT2D eigenvalue weighted by atomic mass is 16.3. The van der Waals surface area contributed by atoms with Crippen molar-refractivity contribution in [3.8, 4) is 5.75 Å². The van der Waals surface area contributed by atoms with Crippen LogP contribution in [0.15, 0.2) is 53.1 Å². The van der Waals surface area contributed by atoms with Crippen LogP contribution < -0.4 is 11.5 Å². The maximum atomic E-state index is 11.4. The van der Waals surface area contributed by atoms with Crippen molar-refractivity contribution in [3.05, 3.63) is 58.7 Å². The number of carbonyl (C=O) groups excluding carboxylic acids is 2. The van der Waals surface area contributed by atoms with E-state index in [4.69, 9.17) is 11.5 Å². The maximum Gasteiger partial charge on any atom is 0.248 e. The van der Waals surface area contributed by atoms with E-state index in [0.29, 0.717) is 17.6 Å². The average Bonchev–Trinajstić information content (AvgIpc) is 2.40. The summed E-state index contributed by atoms with van der Waals surface area (Å²) in [4.78, 5) is 22.5. The van der Waals surface area contributed by atoms with Gasteiger partial charge in [0.25, 0.3) is 0 Å². The molecule has 1 aromatic carbocycles. The number of nitrogens with two attached hydrogens (primary N) is 2. The molecule has 0 saturated heterocycles. The van der Waals surface area contributed by atoms with Gasteiger partial charge in [0.2, 0.25) is 11.8 Å². The van der Waals surface area contributed by atoms with Gasteiger partial charge in [0.15, 0.2) is 0 Å². The number of amides is 2. The van der Waals surface area contributed by atoms with Crippen molar-refractivity contribution in [1.82, 2.24) is 0 Å². The lowest BCUT2D eigenvalue weighted by Gasteiger charge is -2.14. The van der Waals surface area contributed by atoms with Gasteiger partial charge in [-0.15, -0.1) is 0 Å². The lowest BCUT2D eigenvalue weighted by Crippen LogP contribution is -2.20. The smallest absolute Gasteiger partial charge is 0.248 e. The first-order valence-electron chi connectivity index (χ1n) is 6.44. The summed E-state index contributed by atoms with van der Waals surface area (Å²) >= 11 is 0. The van der Waals surface area contributed by atoms with E-state index in [-0.39, 0.29) is 12.2 Å². The molecule has 0 unspecified atom stereocenters. The highest BCUT2D eigenvalue weighted by Gasteiger charge is 2.17. The van der Waals surface area contributed by atoms with Crippen molar-refractivity contribution < 1.29 is 14.7 Å². The summed E-state index contributed by atoms with van der Waals surface area (Å²) in [5, 5.41) is 9.25. The molecule has 0 fully saturated rings. The SMILES string of the molecule is NC(=O)CC1=CC(=Cc2ccc(O)cc2)CC=C1C(N)=O. The van der Waals surface area contributed by atoms with Gasteiger partial charge in [0.05, 0.1) is 6.42 Å².